The lowest BCUT2D eigenvalue weighted by molar-refractivity contribution is -0.123. The number of amides is 1. The molecule has 1 aliphatic heterocycles. The fraction of sp³-hybridized carbons (Fsp3) is 0.222. The highest BCUT2D eigenvalue weighted by Gasteiger charge is 2.14. The second-order valence-electron chi connectivity index (χ2n) is 5.86. The van der Waals surface area contributed by atoms with Crippen LogP contribution in [0.15, 0.2) is 53.6 Å². The van der Waals surface area contributed by atoms with Crippen LogP contribution < -0.4 is 25.1 Å². The zero-order valence-electron chi connectivity index (χ0n) is 14.8. The quantitative estimate of drug-likeness (QED) is 0.627. The van der Waals surface area contributed by atoms with E-state index in [2.05, 4.69) is 15.5 Å². The van der Waals surface area contributed by atoms with E-state index >= 15 is 0 Å². The first-order chi connectivity index (χ1) is 13.7. The molecule has 0 fully saturated rings. The molecule has 10 heteroatoms. The Hall–Kier alpha value is -3.82. The molecule has 0 bridgehead atoms. The van der Waals surface area contributed by atoms with Crippen LogP contribution in [0.5, 0.6) is 17.2 Å². The number of benzene rings is 1. The Morgan fingerprint density at radius 2 is 2.11 bits per heavy atom. The molecule has 3 aromatic rings. The van der Waals surface area contributed by atoms with E-state index in [1.807, 2.05) is 0 Å². The van der Waals surface area contributed by atoms with E-state index in [-0.39, 0.29) is 38.0 Å². The van der Waals surface area contributed by atoms with Crippen LogP contribution in [-0.4, -0.2) is 45.4 Å². The van der Waals surface area contributed by atoms with Crippen LogP contribution in [0.25, 0.3) is 5.82 Å². The molecule has 28 heavy (non-hydrogen) atoms. The van der Waals surface area contributed by atoms with Crippen molar-refractivity contribution in [3.8, 4) is 23.1 Å². The van der Waals surface area contributed by atoms with Gasteiger partial charge in [-0.2, -0.15) is 5.10 Å². The number of carbonyl (C=O) groups excluding carboxylic acids is 1. The molecule has 10 nitrogen and oxygen atoms in total. The van der Waals surface area contributed by atoms with Crippen molar-refractivity contribution < 1.29 is 19.0 Å². The van der Waals surface area contributed by atoms with E-state index in [4.69, 9.17) is 14.2 Å². The van der Waals surface area contributed by atoms with Crippen LogP contribution >= 0.6 is 0 Å². The van der Waals surface area contributed by atoms with E-state index in [9.17, 15) is 9.59 Å². The minimum Gasteiger partial charge on any atom is -0.484 e. The maximum absolute atomic E-state index is 12.0. The van der Waals surface area contributed by atoms with Crippen LogP contribution in [0.1, 0.15) is 0 Å². The second-order valence-corrected chi connectivity index (χ2v) is 5.86. The Labute approximate surface area is 159 Å². The molecule has 3 heterocycles. The molecule has 1 N–H and O–H groups in total. The van der Waals surface area contributed by atoms with Gasteiger partial charge in [0.25, 0.3) is 11.5 Å². The number of hydrogen-bond acceptors (Lipinski definition) is 7. The maximum Gasteiger partial charge on any atom is 0.266 e. The minimum absolute atomic E-state index is 0.157. The molecule has 4 rings (SSSR count). The van der Waals surface area contributed by atoms with Gasteiger partial charge in [-0.15, -0.1) is 5.10 Å². The molecule has 1 aromatic carbocycles. The van der Waals surface area contributed by atoms with Gasteiger partial charge in [0.05, 0.1) is 6.54 Å². The summed E-state index contributed by atoms with van der Waals surface area (Å²) in [5, 5.41) is 11.0. The van der Waals surface area contributed by atoms with Gasteiger partial charge in [0.15, 0.2) is 23.9 Å². The van der Waals surface area contributed by atoms with Crippen LogP contribution in [0.4, 0.5) is 0 Å². The van der Waals surface area contributed by atoms with Crippen LogP contribution in [0.3, 0.4) is 0 Å². The van der Waals surface area contributed by atoms with Crippen LogP contribution in [0, 0.1) is 0 Å². The molecule has 0 saturated heterocycles. The van der Waals surface area contributed by atoms with Gasteiger partial charge in [0.1, 0.15) is 5.75 Å². The number of nitrogens with one attached hydrogen (secondary N) is 1. The molecule has 0 radical (unpaired) electrons. The van der Waals surface area contributed by atoms with Crippen molar-refractivity contribution in [2.45, 2.75) is 6.54 Å². The standard InChI is InChI=1S/C18H17N5O5/c24-17(11-26-13-2-3-14-15(10-13)28-12-27-14)19-7-9-23-18(25)5-4-16(21-23)22-8-1-6-20-22/h1-6,8,10H,7,9,11-12H2,(H,19,24). The molecule has 0 aliphatic carbocycles. The molecule has 1 amide bonds. The fourth-order valence-corrected chi connectivity index (χ4v) is 2.59. The molecule has 1 aliphatic rings. The number of ether oxygens (including phenoxy) is 3. The summed E-state index contributed by atoms with van der Waals surface area (Å²) in [7, 11) is 0. The highest BCUT2D eigenvalue weighted by Crippen LogP contribution is 2.34. The summed E-state index contributed by atoms with van der Waals surface area (Å²) in [6.45, 7) is 0.478. The van der Waals surface area contributed by atoms with Crippen LogP contribution in [0.2, 0.25) is 0 Å². The topological polar surface area (TPSA) is 110 Å². The van der Waals surface area contributed by atoms with E-state index in [0.717, 1.165) is 0 Å². The molecular weight excluding hydrogens is 366 g/mol. The number of aromatic nitrogens is 4. The molecule has 0 saturated carbocycles. The van der Waals surface area contributed by atoms with E-state index in [0.29, 0.717) is 23.1 Å². The smallest absolute Gasteiger partial charge is 0.266 e. The predicted octanol–water partition coefficient (Wildman–Crippen LogP) is 0.353. The van der Waals surface area contributed by atoms with Gasteiger partial charge in [-0.3, -0.25) is 9.59 Å². The highest BCUT2D eigenvalue weighted by molar-refractivity contribution is 5.77. The van der Waals surface area contributed by atoms with Crippen molar-refractivity contribution in [3.63, 3.8) is 0 Å². The summed E-state index contributed by atoms with van der Waals surface area (Å²) in [4.78, 5) is 23.9. The highest BCUT2D eigenvalue weighted by atomic mass is 16.7. The maximum atomic E-state index is 12.0. The first-order valence-corrected chi connectivity index (χ1v) is 8.56. The summed E-state index contributed by atoms with van der Waals surface area (Å²) in [5.41, 5.74) is -0.262. The Morgan fingerprint density at radius 1 is 1.21 bits per heavy atom. The largest absolute Gasteiger partial charge is 0.484 e. The second kappa shape index (κ2) is 7.82. The van der Waals surface area contributed by atoms with Gasteiger partial charge in [0, 0.05) is 31.1 Å². The van der Waals surface area contributed by atoms with E-state index in [1.165, 1.54) is 10.7 Å². The fourth-order valence-electron chi connectivity index (χ4n) is 2.59. The van der Waals surface area contributed by atoms with Crippen molar-refractivity contribution in [1.29, 1.82) is 0 Å². The Morgan fingerprint density at radius 3 is 2.96 bits per heavy atom. The van der Waals surface area contributed by atoms with Crippen molar-refractivity contribution in [3.05, 3.63) is 59.1 Å². The number of carbonyl (C=O) groups is 1. The van der Waals surface area contributed by atoms with Crippen molar-refractivity contribution >= 4 is 5.91 Å². The van der Waals surface area contributed by atoms with Crippen molar-refractivity contribution in [1.82, 2.24) is 24.9 Å². The lowest BCUT2D eigenvalue weighted by Crippen LogP contribution is -2.34. The average Bonchev–Trinajstić information content (AvgIpc) is 3.39. The Kier molecular flexibility index (Phi) is 4.91. The summed E-state index contributed by atoms with van der Waals surface area (Å²) in [6.07, 6.45) is 3.35. The van der Waals surface area contributed by atoms with Gasteiger partial charge in [0.2, 0.25) is 6.79 Å². The zero-order valence-corrected chi connectivity index (χ0v) is 14.8. The van der Waals surface area contributed by atoms with Crippen molar-refractivity contribution in [2.24, 2.45) is 0 Å². The van der Waals surface area contributed by atoms with Crippen LogP contribution in [-0.2, 0) is 11.3 Å². The Balaban J connectivity index is 1.27. The monoisotopic (exact) mass is 383 g/mol. The lowest BCUT2D eigenvalue weighted by Gasteiger charge is -2.09. The summed E-state index contributed by atoms with van der Waals surface area (Å²) in [6, 6.07) is 9.85. The lowest BCUT2D eigenvalue weighted by atomic mass is 10.3. The number of rotatable bonds is 7. The number of hydrogen-bond donors (Lipinski definition) is 1. The number of fused-ring (bicyclic) bond motifs is 1. The first-order valence-electron chi connectivity index (χ1n) is 8.56. The Bertz CT molecular complexity index is 1030. The third kappa shape index (κ3) is 3.95. The SMILES string of the molecule is O=C(COc1ccc2c(c1)OCO2)NCCn1nc(-n2cccn2)ccc1=O. The zero-order chi connectivity index (χ0) is 19.3. The normalized spacial score (nSPS) is 12.0. The minimum atomic E-state index is -0.311. The molecule has 144 valence electrons. The first kappa shape index (κ1) is 17.6. The molecular formula is C18H17N5O5. The van der Waals surface area contributed by atoms with E-state index < -0.39 is 0 Å². The third-order valence-electron chi connectivity index (χ3n) is 3.95. The number of nitrogens with zero attached hydrogens (tertiary/aromatic N) is 4. The summed E-state index contributed by atoms with van der Waals surface area (Å²) < 4.78 is 18.7. The van der Waals surface area contributed by atoms with E-state index in [1.54, 1.807) is 47.4 Å². The van der Waals surface area contributed by atoms with Crippen molar-refractivity contribution in [2.75, 3.05) is 19.9 Å². The molecule has 0 unspecified atom stereocenters. The summed E-state index contributed by atoms with van der Waals surface area (Å²) in [5.74, 6) is 1.94. The van der Waals surface area contributed by atoms with Gasteiger partial charge in [-0.1, -0.05) is 0 Å². The molecule has 0 atom stereocenters. The third-order valence-corrected chi connectivity index (χ3v) is 3.95. The van der Waals surface area contributed by atoms with Gasteiger partial charge in [-0.25, -0.2) is 9.36 Å². The predicted molar refractivity (Wildman–Crippen MR) is 96.7 cm³/mol. The van der Waals surface area contributed by atoms with Gasteiger partial charge in [-0.05, 0) is 24.3 Å². The molecule has 2 aromatic heterocycles. The van der Waals surface area contributed by atoms with Gasteiger partial charge >= 0.3 is 0 Å². The van der Waals surface area contributed by atoms with Gasteiger partial charge < -0.3 is 19.5 Å². The summed E-state index contributed by atoms with van der Waals surface area (Å²) >= 11 is 0. The average molecular weight is 383 g/mol. The molecule has 0 spiro atoms.